The first-order chi connectivity index (χ1) is 19.6. The minimum absolute atomic E-state index is 0.354. The smallest absolute Gasteiger partial charge is 0.319 e. The van der Waals surface area contributed by atoms with Crippen LogP contribution in [0.25, 0.3) is 16.3 Å². The Balaban J connectivity index is 1.33. The minimum Gasteiger partial charge on any atom is -0.425 e. The Morgan fingerprint density at radius 1 is 0.900 bits per heavy atom. The predicted molar refractivity (Wildman–Crippen MR) is 151 cm³/mol. The fourth-order valence-electron chi connectivity index (χ4n) is 7.15. The molecule has 2 aliphatic heterocycles. The Kier molecular flexibility index (Phi) is 4.95. The van der Waals surface area contributed by atoms with E-state index in [1.165, 1.54) is 16.2 Å². The molecule has 2 amide bonds. The summed E-state index contributed by atoms with van der Waals surface area (Å²) in [5.41, 5.74) is 3.78. The number of nitriles is 1. The minimum atomic E-state index is -0.923. The number of imide groups is 1. The van der Waals surface area contributed by atoms with Crippen molar-refractivity contribution in [3.63, 3.8) is 0 Å². The van der Waals surface area contributed by atoms with Crippen molar-refractivity contribution in [2.45, 2.75) is 25.2 Å². The zero-order chi connectivity index (χ0) is 27.1. The van der Waals surface area contributed by atoms with Crippen molar-refractivity contribution in [2.24, 2.45) is 17.8 Å². The number of anilines is 1. The zero-order valence-corrected chi connectivity index (χ0v) is 22.1. The summed E-state index contributed by atoms with van der Waals surface area (Å²) in [5.74, 6) is -3.83. The van der Waals surface area contributed by atoms with E-state index in [0.29, 0.717) is 16.3 Å². The van der Waals surface area contributed by atoms with E-state index in [1.54, 1.807) is 0 Å². The van der Waals surface area contributed by atoms with Crippen LogP contribution in [-0.4, -0.2) is 17.8 Å². The van der Waals surface area contributed by atoms with E-state index in [0.717, 1.165) is 57.2 Å². The number of benzene rings is 3. The van der Waals surface area contributed by atoms with E-state index in [9.17, 15) is 19.6 Å². The van der Waals surface area contributed by atoms with Crippen LogP contribution in [0.1, 0.15) is 39.5 Å². The predicted octanol–water partition coefficient (Wildman–Crippen LogP) is 5.78. The number of fused-ring (bicyclic) bond motifs is 8. The van der Waals surface area contributed by atoms with Crippen LogP contribution in [0.2, 0.25) is 0 Å². The first-order valence-corrected chi connectivity index (χ1v) is 14.3. The second kappa shape index (κ2) is 8.48. The van der Waals surface area contributed by atoms with Gasteiger partial charge in [-0.3, -0.25) is 14.4 Å². The topological polar surface area (TPSA) is 87.5 Å². The molecule has 3 heterocycles. The molecule has 0 saturated carbocycles. The van der Waals surface area contributed by atoms with Crippen LogP contribution in [-0.2, 0) is 27.2 Å². The molecule has 40 heavy (non-hydrogen) atoms. The lowest BCUT2D eigenvalue weighted by Crippen LogP contribution is -2.42. The Morgan fingerprint density at radius 3 is 2.50 bits per heavy atom. The number of nitrogens with zero attached hydrogens (tertiary/aromatic N) is 2. The maximum atomic E-state index is 14.3. The van der Waals surface area contributed by atoms with Crippen molar-refractivity contribution < 1.29 is 19.1 Å². The number of rotatable bonds is 2. The molecule has 1 fully saturated rings. The van der Waals surface area contributed by atoms with Crippen LogP contribution < -0.4 is 9.64 Å². The molecule has 8 rings (SSSR count). The van der Waals surface area contributed by atoms with Crippen molar-refractivity contribution in [1.29, 1.82) is 5.26 Å². The summed E-state index contributed by atoms with van der Waals surface area (Å²) >= 11 is 1.37. The molecule has 4 aromatic rings. The standard InChI is InChI=1S/C33H22N2O4S/c34-16-24-20-11-6-12-25(20)40-32(24)35-30(36)26-22(17-7-2-1-3-8-17)15-23-21-14-13-18-9-4-5-10-19(18)29(21)39-33(38)27(23)28(26)31(35)37/h1-5,7-10,13-15,22,26-28H,6,11-12H2/t22-,26+,27-,28+/m1/s1. The van der Waals surface area contributed by atoms with Gasteiger partial charge in [0, 0.05) is 21.7 Å². The third-order valence-electron chi connectivity index (χ3n) is 8.89. The summed E-state index contributed by atoms with van der Waals surface area (Å²) in [6.07, 6.45) is 4.59. The van der Waals surface area contributed by atoms with Crippen LogP contribution in [0.15, 0.2) is 72.8 Å². The normalized spacial score (nSPS) is 24.6. The highest BCUT2D eigenvalue weighted by atomic mass is 32.1. The molecule has 4 aliphatic rings. The van der Waals surface area contributed by atoms with E-state index in [2.05, 4.69) is 6.07 Å². The Bertz CT molecular complexity index is 1860. The van der Waals surface area contributed by atoms with Gasteiger partial charge >= 0.3 is 5.97 Å². The van der Waals surface area contributed by atoms with Gasteiger partial charge in [-0.1, -0.05) is 72.8 Å². The molecule has 0 unspecified atom stereocenters. The molecule has 1 aromatic heterocycles. The van der Waals surface area contributed by atoms with Gasteiger partial charge in [0.05, 0.1) is 23.3 Å². The summed E-state index contributed by atoms with van der Waals surface area (Å²) in [6.45, 7) is 0. The van der Waals surface area contributed by atoms with Crippen molar-refractivity contribution in [3.05, 3.63) is 99.9 Å². The van der Waals surface area contributed by atoms with Crippen LogP contribution >= 0.6 is 11.3 Å². The second-order valence-corrected chi connectivity index (χ2v) is 11.9. The molecule has 1 saturated heterocycles. The van der Waals surface area contributed by atoms with Crippen LogP contribution in [0, 0.1) is 29.1 Å². The van der Waals surface area contributed by atoms with Crippen LogP contribution in [0.5, 0.6) is 5.75 Å². The second-order valence-electron chi connectivity index (χ2n) is 10.8. The number of amides is 2. The van der Waals surface area contributed by atoms with Crippen LogP contribution in [0.4, 0.5) is 5.00 Å². The molecular formula is C33H22N2O4S. The zero-order valence-electron chi connectivity index (χ0n) is 21.3. The summed E-state index contributed by atoms with van der Waals surface area (Å²) < 4.78 is 5.97. The monoisotopic (exact) mass is 542 g/mol. The summed E-state index contributed by atoms with van der Waals surface area (Å²) in [7, 11) is 0. The lowest BCUT2D eigenvalue weighted by molar-refractivity contribution is -0.142. The summed E-state index contributed by atoms with van der Waals surface area (Å²) in [4.78, 5) is 44.6. The fraction of sp³-hybridized carbons (Fsp3) is 0.212. The Morgan fingerprint density at radius 2 is 1.68 bits per heavy atom. The highest BCUT2D eigenvalue weighted by Gasteiger charge is 2.61. The molecular weight excluding hydrogens is 520 g/mol. The van der Waals surface area contributed by atoms with Crippen molar-refractivity contribution in [3.8, 4) is 11.8 Å². The number of carbonyl (C=O) groups excluding carboxylic acids is 3. The van der Waals surface area contributed by atoms with E-state index in [1.807, 2.05) is 72.8 Å². The van der Waals surface area contributed by atoms with E-state index >= 15 is 0 Å². The molecule has 0 radical (unpaired) electrons. The molecule has 2 aliphatic carbocycles. The molecule has 3 aromatic carbocycles. The number of allylic oxidation sites excluding steroid dienone is 1. The van der Waals surface area contributed by atoms with Gasteiger partial charge < -0.3 is 4.74 Å². The molecule has 7 heteroatoms. The van der Waals surface area contributed by atoms with Gasteiger partial charge in [-0.25, -0.2) is 4.90 Å². The number of thiophene rings is 1. The average molecular weight is 543 g/mol. The maximum Gasteiger partial charge on any atom is 0.319 e. The van der Waals surface area contributed by atoms with E-state index < -0.39 is 35.5 Å². The van der Waals surface area contributed by atoms with E-state index in [4.69, 9.17) is 4.74 Å². The van der Waals surface area contributed by atoms with Gasteiger partial charge in [-0.15, -0.1) is 11.3 Å². The van der Waals surface area contributed by atoms with Gasteiger partial charge in [-0.2, -0.15) is 5.26 Å². The summed E-state index contributed by atoms with van der Waals surface area (Å²) in [5, 5.41) is 12.2. The van der Waals surface area contributed by atoms with Crippen molar-refractivity contribution >= 4 is 50.5 Å². The molecule has 194 valence electrons. The summed E-state index contributed by atoms with van der Waals surface area (Å²) in [6, 6.07) is 23.6. The highest BCUT2D eigenvalue weighted by Crippen LogP contribution is 2.56. The van der Waals surface area contributed by atoms with Gasteiger partial charge in [-0.05, 0) is 41.3 Å². The average Bonchev–Trinajstić information content (AvgIpc) is 3.64. The quantitative estimate of drug-likeness (QED) is 0.182. The van der Waals surface area contributed by atoms with E-state index in [-0.39, 0.29) is 5.91 Å². The number of hydrogen-bond acceptors (Lipinski definition) is 6. The lowest BCUT2D eigenvalue weighted by atomic mass is 9.64. The van der Waals surface area contributed by atoms with Crippen molar-refractivity contribution in [1.82, 2.24) is 0 Å². The molecule has 0 bridgehead atoms. The van der Waals surface area contributed by atoms with Crippen LogP contribution in [0.3, 0.4) is 0 Å². The van der Waals surface area contributed by atoms with Gasteiger partial charge in [0.25, 0.3) is 0 Å². The Labute approximate surface area is 234 Å². The maximum absolute atomic E-state index is 14.3. The molecule has 0 spiro atoms. The molecule has 4 atom stereocenters. The highest BCUT2D eigenvalue weighted by molar-refractivity contribution is 7.17. The van der Waals surface area contributed by atoms with Gasteiger partial charge in [0.2, 0.25) is 11.8 Å². The SMILES string of the molecule is N#Cc1c(N2C(=O)[C@@H]3[C@@H]4C(=O)Oc5c(ccc6ccccc56)C4=C[C@H](c4ccccc4)[C@@H]3C2=O)sc2c1CCC2. The largest absolute Gasteiger partial charge is 0.425 e. The molecule has 6 nitrogen and oxygen atoms in total. The molecule has 0 N–H and O–H groups in total. The van der Waals surface area contributed by atoms with Gasteiger partial charge in [0.15, 0.2) is 0 Å². The fourth-order valence-corrected chi connectivity index (χ4v) is 8.50. The lowest BCUT2D eigenvalue weighted by Gasteiger charge is -2.38. The van der Waals surface area contributed by atoms with Crippen molar-refractivity contribution in [2.75, 3.05) is 4.90 Å². The number of hydrogen-bond donors (Lipinski definition) is 0. The Hall–Kier alpha value is -4.54. The number of esters is 1. The number of carbonyl (C=O) groups is 3. The first-order valence-electron chi connectivity index (χ1n) is 13.5. The first kappa shape index (κ1) is 23.4. The van der Waals surface area contributed by atoms with Gasteiger partial charge in [0.1, 0.15) is 16.8 Å². The third kappa shape index (κ3) is 3.05. The number of ether oxygens (including phenoxy) is 1. The third-order valence-corrected chi connectivity index (χ3v) is 10.2. The number of aryl methyl sites for hydroxylation is 1.